The first-order valence-electron chi connectivity index (χ1n) is 5.57. The van der Waals surface area contributed by atoms with Crippen LogP contribution >= 0.6 is 15.9 Å². The molecule has 4 heteroatoms. The first-order valence-corrected chi connectivity index (χ1v) is 6.36. The van der Waals surface area contributed by atoms with Crippen molar-refractivity contribution < 1.29 is 9.13 Å². The Labute approximate surface area is 103 Å². The maximum Gasteiger partial charge on any atom is 0.166 e. The summed E-state index contributed by atoms with van der Waals surface area (Å²) >= 11 is 3.31. The van der Waals surface area contributed by atoms with Crippen LogP contribution in [0.1, 0.15) is 31.4 Å². The fraction of sp³-hybridized carbons (Fsp3) is 0.500. The fourth-order valence-corrected chi connectivity index (χ4v) is 2.40. The zero-order chi connectivity index (χ0) is 11.5. The minimum absolute atomic E-state index is 0.204. The van der Waals surface area contributed by atoms with Crippen LogP contribution in [0.3, 0.4) is 0 Å². The molecule has 2 rings (SSSR count). The average molecular weight is 288 g/mol. The van der Waals surface area contributed by atoms with Gasteiger partial charge in [0, 0.05) is 22.5 Å². The molecule has 0 radical (unpaired) electrons. The van der Waals surface area contributed by atoms with E-state index < -0.39 is 0 Å². The smallest absolute Gasteiger partial charge is 0.166 e. The van der Waals surface area contributed by atoms with E-state index in [1.807, 2.05) is 6.07 Å². The van der Waals surface area contributed by atoms with E-state index in [0.717, 1.165) is 29.4 Å². The van der Waals surface area contributed by atoms with E-state index in [-0.39, 0.29) is 11.9 Å². The van der Waals surface area contributed by atoms with Gasteiger partial charge in [0.2, 0.25) is 0 Å². The first kappa shape index (κ1) is 11.9. The number of nitrogens with one attached hydrogen (secondary N) is 1. The van der Waals surface area contributed by atoms with E-state index in [0.29, 0.717) is 12.4 Å². The number of ether oxygens (including phenoxy) is 1. The lowest BCUT2D eigenvalue weighted by atomic mass is 10.0. The van der Waals surface area contributed by atoms with Gasteiger partial charge in [0.1, 0.15) is 0 Å². The predicted molar refractivity (Wildman–Crippen MR) is 65.2 cm³/mol. The molecule has 88 valence electrons. The Morgan fingerprint density at radius 1 is 1.56 bits per heavy atom. The van der Waals surface area contributed by atoms with Crippen molar-refractivity contribution in [3.63, 3.8) is 0 Å². The van der Waals surface area contributed by atoms with Crippen LogP contribution in [0.5, 0.6) is 5.75 Å². The summed E-state index contributed by atoms with van der Waals surface area (Å²) in [6, 6.07) is 3.59. The van der Waals surface area contributed by atoms with Crippen LogP contribution in [0.15, 0.2) is 16.6 Å². The summed E-state index contributed by atoms with van der Waals surface area (Å²) < 4.78 is 19.8. The Balaban J connectivity index is 2.30. The standard InChI is InChI=1S/C12H15BrFNO/c1-2-4-15-11-3-5-16-12-9(11)6-8(13)7-10(12)14/h6-7,11,15H,2-5H2,1H3. The highest BCUT2D eigenvalue weighted by atomic mass is 79.9. The quantitative estimate of drug-likeness (QED) is 0.920. The molecule has 1 N–H and O–H groups in total. The van der Waals surface area contributed by atoms with Crippen LogP contribution in [-0.4, -0.2) is 13.2 Å². The largest absolute Gasteiger partial charge is 0.490 e. The predicted octanol–water partition coefficient (Wildman–Crippen LogP) is 3.41. The van der Waals surface area contributed by atoms with Crippen molar-refractivity contribution in [3.8, 4) is 5.75 Å². The molecule has 0 aromatic heterocycles. The van der Waals surface area contributed by atoms with Crippen LogP contribution < -0.4 is 10.1 Å². The highest BCUT2D eigenvalue weighted by Gasteiger charge is 2.24. The molecule has 0 saturated carbocycles. The lowest BCUT2D eigenvalue weighted by Gasteiger charge is -2.27. The Morgan fingerprint density at radius 3 is 3.12 bits per heavy atom. The monoisotopic (exact) mass is 287 g/mol. The van der Waals surface area contributed by atoms with Gasteiger partial charge in [-0.2, -0.15) is 0 Å². The van der Waals surface area contributed by atoms with Gasteiger partial charge in [-0.3, -0.25) is 0 Å². The van der Waals surface area contributed by atoms with Gasteiger partial charge in [0.05, 0.1) is 6.61 Å². The van der Waals surface area contributed by atoms with Gasteiger partial charge in [-0.1, -0.05) is 22.9 Å². The number of hydrogen-bond donors (Lipinski definition) is 1. The summed E-state index contributed by atoms with van der Waals surface area (Å²) in [5.74, 6) is 0.121. The molecule has 1 aromatic carbocycles. The van der Waals surface area contributed by atoms with E-state index in [1.54, 1.807) is 0 Å². The molecule has 1 aliphatic rings. The number of rotatable bonds is 3. The molecular formula is C12H15BrFNO. The maximum atomic E-state index is 13.6. The van der Waals surface area contributed by atoms with Crippen LogP contribution in [0, 0.1) is 5.82 Å². The molecular weight excluding hydrogens is 273 g/mol. The van der Waals surface area contributed by atoms with Crippen molar-refractivity contribution >= 4 is 15.9 Å². The molecule has 1 heterocycles. The Kier molecular flexibility index (Phi) is 3.82. The molecule has 1 atom stereocenters. The van der Waals surface area contributed by atoms with Crippen LogP contribution in [0.2, 0.25) is 0 Å². The summed E-state index contributed by atoms with van der Waals surface area (Å²) in [5, 5.41) is 3.41. The minimum atomic E-state index is -0.285. The van der Waals surface area contributed by atoms with Crippen LogP contribution in [-0.2, 0) is 0 Å². The molecule has 0 spiro atoms. The van der Waals surface area contributed by atoms with Crippen molar-refractivity contribution in [1.29, 1.82) is 0 Å². The second-order valence-electron chi connectivity index (χ2n) is 3.95. The fourth-order valence-electron chi connectivity index (χ4n) is 1.96. The third kappa shape index (κ3) is 2.38. The number of benzene rings is 1. The van der Waals surface area contributed by atoms with Crippen molar-refractivity contribution in [2.24, 2.45) is 0 Å². The van der Waals surface area contributed by atoms with Gasteiger partial charge >= 0.3 is 0 Å². The normalized spacial score (nSPS) is 19.1. The summed E-state index contributed by atoms with van der Waals surface area (Å²) in [7, 11) is 0. The van der Waals surface area contributed by atoms with E-state index >= 15 is 0 Å². The van der Waals surface area contributed by atoms with E-state index in [1.165, 1.54) is 6.07 Å². The lowest BCUT2D eigenvalue weighted by Crippen LogP contribution is -2.28. The molecule has 1 aromatic rings. The second-order valence-corrected chi connectivity index (χ2v) is 4.87. The Bertz CT molecular complexity index is 384. The molecule has 2 nitrogen and oxygen atoms in total. The van der Waals surface area contributed by atoms with Gasteiger partial charge in [0.25, 0.3) is 0 Å². The van der Waals surface area contributed by atoms with Crippen molar-refractivity contribution in [2.45, 2.75) is 25.8 Å². The van der Waals surface area contributed by atoms with Crippen molar-refractivity contribution in [3.05, 3.63) is 28.0 Å². The number of fused-ring (bicyclic) bond motifs is 1. The minimum Gasteiger partial charge on any atom is -0.490 e. The topological polar surface area (TPSA) is 21.3 Å². The highest BCUT2D eigenvalue weighted by molar-refractivity contribution is 9.10. The van der Waals surface area contributed by atoms with E-state index in [2.05, 4.69) is 28.2 Å². The zero-order valence-corrected chi connectivity index (χ0v) is 10.8. The summed E-state index contributed by atoms with van der Waals surface area (Å²) in [6.45, 7) is 3.64. The van der Waals surface area contributed by atoms with E-state index in [4.69, 9.17) is 4.74 Å². The van der Waals surface area contributed by atoms with E-state index in [9.17, 15) is 4.39 Å². The van der Waals surface area contributed by atoms with Crippen molar-refractivity contribution in [2.75, 3.05) is 13.2 Å². The second kappa shape index (κ2) is 5.15. The third-order valence-electron chi connectivity index (χ3n) is 2.71. The van der Waals surface area contributed by atoms with Gasteiger partial charge in [-0.05, 0) is 25.1 Å². The Morgan fingerprint density at radius 2 is 2.38 bits per heavy atom. The molecule has 0 saturated heterocycles. The molecule has 1 aliphatic heterocycles. The third-order valence-corrected chi connectivity index (χ3v) is 3.16. The summed E-state index contributed by atoms with van der Waals surface area (Å²) in [5.41, 5.74) is 0.923. The van der Waals surface area contributed by atoms with Gasteiger partial charge in [-0.15, -0.1) is 0 Å². The van der Waals surface area contributed by atoms with Crippen LogP contribution in [0.4, 0.5) is 4.39 Å². The summed E-state index contributed by atoms with van der Waals surface area (Å²) in [6.07, 6.45) is 1.96. The molecule has 0 fully saturated rings. The highest BCUT2D eigenvalue weighted by Crippen LogP contribution is 2.36. The first-order chi connectivity index (χ1) is 7.72. The number of halogens is 2. The van der Waals surface area contributed by atoms with Crippen LogP contribution in [0.25, 0.3) is 0 Å². The molecule has 0 aliphatic carbocycles. The van der Waals surface area contributed by atoms with Gasteiger partial charge in [-0.25, -0.2) is 4.39 Å². The Hall–Kier alpha value is -0.610. The molecule has 16 heavy (non-hydrogen) atoms. The zero-order valence-electron chi connectivity index (χ0n) is 9.22. The summed E-state index contributed by atoms with van der Waals surface area (Å²) in [4.78, 5) is 0. The maximum absolute atomic E-state index is 13.6. The lowest BCUT2D eigenvalue weighted by molar-refractivity contribution is 0.241. The molecule has 0 amide bonds. The average Bonchev–Trinajstić information content (AvgIpc) is 2.26. The number of hydrogen-bond acceptors (Lipinski definition) is 2. The molecule has 1 unspecified atom stereocenters. The van der Waals surface area contributed by atoms with Crippen molar-refractivity contribution in [1.82, 2.24) is 5.32 Å². The molecule has 0 bridgehead atoms. The van der Waals surface area contributed by atoms with Gasteiger partial charge in [0.15, 0.2) is 11.6 Å². The van der Waals surface area contributed by atoms with Gasteiger partial charge < -0.3 is 10.1 Å². The SMILES string of the molecule is CCCNC1CCOc2c(F)cc(Br)cc21.